The first-order chi connectivity index (χ1) is 21.6. The highest BCUT2D eigenvalue weighted by Gasteiger charge is 2.49. The summed E-state index contributed by atoms with van der Waals surface area (Å²) in [5.74, 6) is 8.19. The van der Waals surface area contributed by atoms with Gasteiger partial charge in [0.05, 0.1) is 11.5 Å². The van der Waals surface area contributed by atoms with Gasteiger partial charge < -0.3 is 36.1 Å². The summed E-state index contributed by atoms with van der Waals surface area (Å²) in [4.78, 5) is 16.6. The highest BCUT2D eigenvalue weighted by molar-refractivity contribution is 5.77. The molecule has 2 heterocycles. The molecule has 0 amide bonds. The molecule has 45 heavy (non-hydrogen) atoms. The molecule has 9 nitrogen and oxygen atoms in total. The number of rotatable bonds is 4. The number of guanidine groups is 1. The molecule has 5 rings (SSSR count). The summed E-state index contributed by atoms with van der Waals surface area (Å²) < 4.78 is 12.4. The number of hydrogen-bond acceptors (Lipinski definition) is 7. The number of hydrogen-bond donors (Lipinski definition) is 5. The number of aliphatic imine (C=N–C) groups is 1. The molecule has 4 aliphatic rings. The molecule has 1 saturated heterocycles. The maximum atomic E-state index is 12.5. The van der Waals surface area contributed by atoms with Gasteiger partial charge in [-0.05, 0) is 87.4 Å². The van der Waals surface area contributed by atoms with Crippen molar-refractivity contribution in [3.8, 4) is 23.3 Å². The van der Waals surface area contributed by atoms with Crippen LogP contribution in [0.4, 0.5) is 0 Å². The van der Waals surface area contributed by atoms with Crippen molar-refractivity contribution in [2.45, 2.75) is 122 Å². The second-order valence-corrected chi connectivity index (χ2v) is 14.3. The Kier molecular flexibility index (Phi) is 10.9. The van der Waals surface area contributed by atoms with Crippen LogP contribution in [0.25, 0.3) is 0 Å². The molecule has 248 valence electrons. The van der Waals surface area contributed by atoms with E-state index in [9.17, 15) is 15.0 Å². The van der Waals surface area contributed by atoms with E-state index in [1.54, 1.807) is 13.1 Å². The molecule has 0 spiro atoms. The predicted octanol–water partition coefficient (Wildman–Crippen LogP) is 4.43. The van der Waals surface area contributed by atoms with Gasteiger partial charge in [-0.1, -0.05) is 44.1 Å². The lowest BCUT2D eigenvalue weighted by Crippen LogP contribution is -2.49. The number of nitrogens with two attached hydrogens (primary N) is 1. The van der Waals surface area contributed by atoms with Gasteiger partial charge in [0.2, 0.25) is 0 Å². The Labute approximate surface area is 269 Å². The molecule has 4 bridgehead atoms. The monoisotopic (exact) mass is 622 g/mol. The van der Waals surface area contributed by atoms with E-state index in [0.717, 1.165) is 63.5 Å². The van der Waals surface area contributed by atoms with Crippen LogP contribution in [0.5, 0.6) is 11.5 Å². The number of fused-ring (bicyclic) bond motifs is 5. The molecule has 9 heteroatoms. The third-order valence-electron chi connectivity index (χ3n) is 11.2. The maximum absolute atomic E-state index is 12.5. The number of phenols is 1. The van der Waals surface area contributed by atoms with Gasteiger partial charge in [-0.15, -0.1) is 0 Å². The number of nitrogens with one attached hydrogen (secondary N) is 2. The van der Waals surface area contributed by atoms with Crippen LogP contribution in [-0.4, -0.2) is 66.6 Å². The van der Waals surface area contributed by atoms with E-state index in [4.69, 9.17) is 15.2 Å². The third-order valence-corrected chi connectivity index (χ3v) is 11.2. The molecule has 2 aliphatic heterocycles. The highest BCUT2D eigenvalue weighted by atomic mass is 16.5. The summed E-state index contributed by atoms with van der Waals surface area (Å²) in [6, 6.07) is 5.90. The van der Waals surface area contributed by atoms with E-state index in [1.807, 2.05) is 12.1 Å². The second kappa shape index (κ2) is 14.6. The zero-order chi connectivity index (χ0) is 32.0. The Balaban J connectivity index is 1.61. The van der Waals surface area contributed by atoms with E-state index in [0.29, 0.717) is 43.6 Å². The number of nitrogens with zero attached hydrogens (tertiary/aromatic N) is 1. The third kappa shape index (κ3) is 8.07. The number of aliphatic hydroxyl groups excluding tert-OH is 1. The number of carbonyl (C=O) groups is 1. The summed E-state index contributed by atoms with van der Waals surface area (Å²) in [6.07, 6.45) is 10.2. The van der Waals surface area contributed by atoms with Crippen molar-refractivity contribution >= 4 is 11.9 Å². The van der Waals surface area contributed by atoms with Crippen LogP contribution in [-0.2, 0) is 16.0 Å². The van der Waals surface area contributed by atoms with Crippen LogP contribution in [0.1, 0.15) is 96.5 Å². The van der Waals surface area contributed by atoms with Crippen LogP contribution in [0, 0.1) is 34.5 Å². The molecular weight excluding hydrogens is 568 g/mol. The van der Waals surface area contributed by atoms with Crippen LogP contribution in [0.15, 0.2) is 23.2 Å². The number of phenolic OH excluding ortho intramolecular Hbond substituents is 1. The largest absolute Gasteiger partial charge is 0.504 e. The molecule has 7 atom stereocenters. The minimum absolute atomic E-state index is 0.0295. The molecule has 2 aliphatic carbocycles. The summed E-state index contributed by atoms with van der Waals surface area (Å²) in [5, 5.41) is 29.3. The highest BCUT2D eigenvalue weighted by Crippen LogP contribution is 2.54. The van der Waals surface area contributed by atoms with Gasteiger partial charge in [0.25, 0.3) is 0 Å². The summed E-state index contributed by atoms with van der Waals surface area (Å²) in [6.45, 7) is 5.26. The van der Waals surface area contributed by atoms with Gasteiger partial charge in [0.15, 0.2) is 17.5 Å². The van der Waals surface area contributed by atoms with E-state index in [-0.39, 0.29) is 35.1 Å². The number of aliphatic hydroxyl groups is 1. The van der Waals surface area contributed by atoms with Gasteiger partial charge >= 0.3 is 5.97 Å². The van der Waals surface area contributed by atoms with E-state index in [2.05, 4.69) is 34.4 Å². The van der Waals surface area contributed by atoms with E-state index >= 15 is 0 Å². The van der Waals surface area contributed by atoms with E-state index in [1.165, 1.54) is 19.8 Å². The van der Waals surface area contributed by atoms with Gasteiger partial charge in [-0.25, -0.2) is 0 Å². The van der Waals surface area contributed by atoms with Crippen molar-refractivity contribution in [2.75, 3.05) is 20.1 Å². The Bertz CT molecular complexity index is 1270. The van der Waals surface area contributed by atoms with E-state index < -0.39 is 17.6 Å². The number of ether oxygens (including phenoxy) is 2. The van der Waals surface area contributed by atoms with Crippen LogP contribution >= 0.6 is 0 Å². The summed E-state index contributed by atoms with van der Waals surface area (Å²) in [7, 11) is 1.69. The molecule has 7 unspecified atom stereocenters. The molecule has 1 aromatic rings. The van der Waals surface area contributed by atoms with Crippen molar-refractivity contribution in [2.24, 2.45) is 33.4 Å². The minimum Gasteiger partial charge on any atom is -0.504 e. The van der Waals surface area contributed by atoms with Gasteiger partial charge in [-0.2, -0.15) is 0 Å². The minimum atomic E-state index is -0.650. The fraction of sp³-hybridized carbons (Fsp3) is 0.722. The van der Waals surface area contributed by atoms with Crippen molar-refractivity contribution in [1.82, 2.24) is 10.6 Å². The van der Waals surface area contributed by atoms with Gasteiger partial charge in [-0.3, -0.25) is 9.79 Å². The lowest BCUT2D eigenvalue weighted by atomic mass is 9.60. The lowest BCUT2D eigenvalue weighted by molar-refractivity contribution is -0.152. The Morgan fingerprint density at radius 2 is 1.98 bits per heavy atom. The SMILES string of the molecule is CN=C(N)NCC1(C2(C)CCCC2)C#CC2CCCC3CC(CCN3)Oc3cc(ccc3O)CC2C(OC(C)=O)CC(O)CC1. The normalized spacial score (nSPS) is 33.8. The fourth-order valence-electron chi connectivity index (χ4n) is 8.40. The summed E-state index contributed by atoms with van der Waals surface area (Å²) >= 11 is 0. The predicted molar refractivity (Wildman–Crippen MR) is 176 cm³/mol. The topological polar surface area (TPSA) is 138 Å². The molecule has 2 fully saturated rings. The van der Waals surface area contributed by atoms with Crippen molar-refractivity contribution in [1.29, 1.82) is 0 Å². The molecule has 6 N–H and O–H groups in total. The van der Waals surface area contributed by atoms with Crippen molar-refractivity contribution < 1.29 is 24.5 Å². The van der Waals surface area contributed by atoms with Crippen LogP contribution in [0.2, 0.25) is 0 Å². The Morgan fingerprint density at radius 3 is 2.73 bits per heavy atom. The fourth-order valence-corrected chi connectivity index (χ4v) is 8.40. The average Bonchev–Trinajstić information content (AvgIpc) is 3.47. The zero-order valence-electron chi connectivity index (χ0n) is 27.4. The zero-order valence-corrected chi connectivity index (χ0v) is 27.4. The molecule has 1 aromatic carbocycles. The first-order valence-electron chi connectivity index (χ1n) is 17.2. The Morgan fingerprint density at radius 1 is 1.18 bits per heavy atom. The number of esters is 1. The molecule has 0 radical (unpaired) electrons. The standard InChI is InChI=1S/C36H54N4O5/c1-24(41)44-32-22-28(42)12-17-36(23-40-34(37)38-3,35(2)14-4-5-15-35)16-11-26-7-6-8-27-21-29(13-18-39-27)45-33-20-25(19-30(26)32)9-10-31(33)43/h9-10,20,26-30,32,39,42-43H,4-8,12-15,17-19,21-23H2,1-3H3,(H3,37,38,40). The quantitative estimate of drug-likeness (QED) is 0.144. The number of carbonyl (C=O) groups excluding carboxylic acids is 1. The van der Waals surface area contributed by atoms with Crippen molar-refractivity contribution in [3.05, 3.63) is 23.8 Å². The molecule has 1 saturated carbocycles. The van der Waals surface area contributed by atoms with Crippen molar-refractivity contribution in [3.63, 3.8) is 0 Å². The number of benzene rings is 1. The Hall–Kier alpha value is -2.96. The smallest absolute Gasteiger partial charge is 0.302 e. The molecule has 0 aromatic heterocycles. The second-order valence-electron chi connectivity index (χ2n) is 14.3. The maximum Gasteiger partial charge on any atom is 0.302 e. The van der Waals surface area contributed by atoms with Gasteiger partial charge in [0.1, 0.15) is 12.2 Å². The first kappa shape index (κ1) is 33.4. The van der Waals surface area contributed by atoms with Crippen LogP contribution < -0.4 is 21.1 Å². The summed E-state index contributed by atoms with van der Waals surface area (Å²) in [5.41, 5.74) is 6.73. The number of piperidine rings is 1. The number of aromatic hydroxyl groups is 1. The van der Waals surface area contributed by atoms with Crippen LogP contribution in [0.3, 0.4) is 0 Å². The molecular formula is C36H54N4O5. The average molecular weight is 623 g/mol. The van der Waals surface area contributed by atoms with Gasteiger partial charge in [0, 0.05) is 44.8 Å². The first-order valence-corrected chi connectivity index (χ1v) is 17.2. The lowest BCUT2D eigenvalue weighted by Gasteiger charge is -2.45.